The van der Waals surface area contributed by atoms with Crippen LogP contribution in [0.4, 0.5) is 10.1 Å². The second kappa shape index (κ2) is 10.6. The quantitative estimate of drug-likeness (QED) is 0.439. The number of amides is 1. The number of halogens is 1. The Balaban J connectivity index is 1.41. The predicted molar refractivity (Wildman–Crippen MR) is 112 cm³/mol. The highest BCUT2D eigenvalue weighted by atomic mass is 19.1. The minimum absolute atomic E-state index is 0.402. The van der Waals surface area contributed by atoms with Gasteiger partial charge in [0.15, 0.2) is 6.61 Å². The highest BCUT2D eigenvalue weighted by Crippen LogP contribution is 2.17. The molecule has 5 nitrogen and oxygen atoms in total. The van der Waals surface area contributed by atoms with Crippen molar-refractivity contribution in [3.05, 3.63) is 102 Å². The van der Waals surface area contributed by atoms with E-state index in [4.69, 9.17) is 9.47 Å². The normalized spacial score (nSPS) is 10.6. The molecule has 30 heavy (non-hydrogen) atoms. The van der Waals surface area contributed by atoms with Gasteiger partial charge >= 0.3 is 5.97 Å². The maximum absolute atomic E-state index is 13.1. The van der Waals surface area contributed by atoms with Gasteiger partial charge < -0.3 is 14.8 Å². The molecule has 0 radical (unpaired) electrons. The van der Waals surface area contributed by atoms with Crippen LogP contribution < -0.4 is 10.1 Å². The lowest BCUT2D eigenvalue weighted by atomic mass is 10.2. The Morgan fingerprint density at radius 2 is 1.70 bits per heavy atom. The molecule has 1 N–H and O–H groups in total. The second-order valence-electron chi connectivity index (χ2n) is 6.34. The molecule has 0 saturated heterocycles. The Morgan fingerprint density at radius 3 is 2.43 bits per heavy atom. The molecule has 0 atom stereocenters. The Kier molecular flexibility index (Phi) is 7.33. The molecule has 0 spiro atoms. The molecular formula is C24H20FNO4. The molecule has 0 aromatic heterocycles. The number of carbonyl (C=O) groups is 2. The summed E-state index contributed by atoms with van der Waals surface area (Å²) >= 11 is 0. The van der Waals surface area contributed by atoms with Gasteiger partial charge in [-0.25, -0.2) is 9.18 Å². The fraction of sp³-hybridized carbons (Fsp3) is 0.0833. The number of anilines is 1. The van der Waals surface area contributed by atoms with E-state index >= 15 is 0 Å². The molecule has 1 amide bonds. The van der Waals surface area contributed by atoms with Crippen LogP contribution in [0.25, 0.3) is 6.08 Å². The number of hydrogen-bond donors (Lipinski definition) is 1. The van der Waals surface area contributed by atoms with E-state index < -0.39 is 24.3 Å². The largest absolute Gasteiger partial charge is 0.489 e. The summed E-state index contributed by atoms with van der Waals surface area (Å²) in [5.41, 5.74) is 2.13. The van der Waals surface area contributed by atoms with Crippen LogP contribution in [0, 0.1) is 5.82 Å². The lowest BCUT2D eigenvalue weighted by Gasteiger charge is -2.08. The smallest absolute Gasteiger partial charge is 0.331 e. The molecular weight excluding hydrogens is 385 g/mol. The molecule has 0 unspecified atom stereocenters. The summed E-state index contributed by atoms with van der Waals surface area (Å²) in [4.78, 5) is 23.6. The molecule has 0 bridgehead atoms. The molecule has 0 saturated carbocycles. The van der Waals surface area contributed by atoms with E-state index in [1.165, 1.54) is 24.3 Å². The van der Waals surface area contributed by atoms with Gasteiger partial charge in [-0.2, -0.15) is 0 Å². The van der Waals surface area contributed by atoms with Gasteiger partial charge in [0.1, 0.15) is 18.2 Å². The zero-order valence-electron chi connectivity index (χ0n) is 16.1. The monoisotopic (exact) mass is 405 g/mol. The summed E-state index contributed by atoms with van der Waals surface area (Å²) in [5.74, 6) is -0.897. The SMILES string of the molecule is O=C(COC(=O)/C=C/c1cccc(F)c1)Nc1ccc(OCc2ccccc2)cc1. The summed E-state index contributed by atoms with van der Waals surface area (Å²) in [7, 11) is 0. The van der Waals surface area contributed by atoms with E-state index in [9.17, 15) is 14.0 Å². The first-order chi connectivity index (χ1) is 14.6. The van der Waals surface area contributed by atoms with Crippen molar-refractivity contribution in [2.24, 2.45) is 0 Å². The first-order valence-corrected chi connectivity index (χ1v) is 9.25. The Morgan fingerprint density at radius 1 is 0.933 bits per heavy atom. The lowest BCUT2D eigenvalue weighted by Crippen LogP contribution is -2.20. The van der Waals surface area contributed by atoms with Crippen molar-refractivity contribution >= 4 is 23.6 Å². The van der Waals surface area contributed by atoms with Gasteiger partial charge in [-0.15, -0.1) is 0 Å². The van der Waals surface area contributed by atoms with Crippen molar-refractivity contribution in [2.75, 3.05) is 11.9 Å². The van der Waals surface area contributed by atoms with Gasteiger partial charge in [0.2, 0.25) is 0 Å². The standard InChI is InChI=1S/C24H20FNO4/c25-20-8-4-7-18(15-20)9-14-24(28)30-17-23(27)26-21-10-12-22(13-11-21)29-16-19-5-2-1-3-6-19/h1-15H,16-17H2,(H,26,27)/b14-9+. The van der Waals surface area contributed by atoms with E-state index in [0.717, 1.165) is 11.6 Å². The van der Waals surface area contributed by atoms with E-state index in [-0.39, 0.29) is 0 Å². The maximum Gasteiger partial charge on any atom is 0.331 e. The molecule has 0 fully saturated rings. The van der Waals surface area contributed by atoms with Gasteiger partial charge in [0, 0.05) is 11.8 Å². The van der Waals surface area contributed by atoms with E-state index in [1.807, 2.05) is 30.3 Å². The molecule has 0 aliphatic heterocycles. The van der Waals surface area contributed by atoms with Gasteiger partial charge in [-0.1, -0.05) is 42.5 Å². The van der Waals surface area contributed by atoms with Crippen LogP contribution in [0.3, 0.4) is 0 Å². The summed E-state index contributed by atoms with van der Waals surface area (Å²) in [6.45, 7) is 0.0181. The average molecular weight is 405 g/mol. The molecule has 0 aliphatic rings. The molecule has 3 aromatic rings. The number of rotatable bonds is 8. The van der Waals surface area contributed by atoms with Crippen molar-refractivity contribution < 1.29 is 23.5 Å². The number of benzene rings is 3. The summed E-state index contributed by atoms with van der Waals surface area (Å²) in [6.07, 6.45) is 2.55. The number of nitrogens with one attached hydrogen (secondary N) is 1. The zero-order chi connectivity index (χ0) is 21.2. The van der Waals surface area contributed by atoms with Gasteiger partial charge in [-0.3, -0.25) is 4.79 Å². The lowest BCUT2D eigenvalue weighted by molar-refractivity contribution is -0.142. The fourth-order valence-electron chi connectivity index (χ4n) is 2.53. The second-order valence-corrected chi connectivity index (χ2v) is 6.34. The van der Waals surface area contributed by atoms with Crippen LogP contribution in [-0.2, 0) is 20.9 Å². The minimum Gasteiger partial charge on any atom is -0.489 e. The van der Waals surface area contributed by atoms with Crippen LogP contribution in [0.2, 0.25) is 0 Å². The third-order valence-electron chi connectivity index (χ3n) is 3.99. The number of esters is 1. The van der Waals surface area contributed by atoms with Gasteiger partial charge in [0.05, 0.1) is 0 Å². The molecule has 6 heteroatoms. The summed E-state index contributed by atoms with van der Waals surface area (Å²) in [6, 6.07) is 22.4. The van der Waals surface area contributed by atoms with Crippen LogP contribution in [-0.4, -0.2) is 18.5 Å². The molecule has 3 aromatic carbocycles. The van der Waals surface area contributed by atoms with Crippen LogP contribution in [0.15, 0.2) is 84.9 Å². The minimum atomic E-state index is -0.695. The zero-order valence-corrected chi connectivity index (χ0v) is 16.1. The Hall–Kier alpha value is -3.93. The van der Waals surface area contributed by atoms with Crippen molar-refractivity contribution in [3.63, 3.8) is 0 Å². The fourth-order valence-corrected chi connectivity index (χ4v) is 2.53. The van der Waals surface area contributed by atoms with Gasteiger partial charge in [-0.05, 0) is 53.6 Å². The van der Waals surface area contributed by atoms with Crippen molar-refractivity contribution in [2.45, 2.75) is 6.61 Å². The number of hydrogen-bond acceptors (Lipinski definition) is 4. The van der Waals surface area contributed by atoms with Crippen LogP contribution >= 0.6 is 0 Å². The number of carbonyl (C=O) groups excluding carboxylic acids is 2. The summed E-state index contributed by atoms with van der Waals surface area (Å²) < 4.78 is 23.7. The number of ether oxygens (including phenoxy) is 2. The van der Waals surface area contributed by atoms with E-state index in [0.29, 0.717) is 23.6 Å². The van der Waals surface area contributed by atoms with Crippen molar-refractivity contribution in [1.29, 1.82) is 0 Å². The van der Waals surface area contributed by atoms with Gasteiger partial charge in [0.25, 0.3) is 5.91 Å². The highest BCUT2D eigenvalue weighted by molar-refractivity contribution is 5.94. The van der Waals surface area contributed by atoms with Crippen molar-refractivity contribution in [3.8, 4) is 5.75 Å². The molecule has 0 heterocycles. The van der Waals surface area contributed by atoms with Crippen molar-refractivity contribution in [1.82, 2.24) is 0 Å². The average Bonchev–Trinajstić information content (AvgIpc) is 2.76. The van der Waals surface area contributed by atoms with E-state index in [2.05, 4.69) is 5.32 Å². The Bertz CT molecular complexity index is 1020. The first-order valence-electron chi connectivity index (χ1n) is 9.25. The predicted octanol–water partition coefficient (Wildman–Crippen LogP) is 4.60. The Labute approximate surface area is 173 Å². The maximum atomic E-state index is 13.1. The first kappa shape index (κ1) is 20.8. The third-order valence-corrected chi connectivity index (χ3v) is 3.99. The summed E-state index contributed by atoms with van der Waals surface area (Å²) in [5, 5.41) is 2.63. The molecule has 152 valence electrons. The van der Waals surface area contributed by atoms with E-state index in [1.54, 1.807) is 30.3 Å². The third kappa shape index (κ3) is 6.91. The highest BCUT2D eigenvalue weighted by Gasteiger charge is 2.06. The molecule has 0 aliphatic carbocycles. The molecule has 3 rings (SSSR count). The van der Waals surface area contributed by atoms with Crippen LogP contribution in [0.5, 0.6) is 5.75 Å². The topological polar surface area (TPSA) is 64.6 Å². The van der Waals surface area contributed by atoms with Crippen LogP contribution in [0.1, 0.15) is 11.1 Å².